The lowest BCUT2D eigenvalue weighted by Gasteiger charge is -1.96. The van der Waals surface area contributed by atoms with Crippen LogP contribution >= 0.6 is 27.5 Å². The van der Waals surface area contributed by atoms with Crippen molar-refractivity contribution in [2.24, 2.45) is 0 Å². The Morgan fingerprint density at radius 2 is 2.44 bits per heavy atom. The van der Waals surface area contributed by atoms with Crippen molar-refractivity contribution in [3.8, 4) is 0 Å². The molecule has 0 saturated heterocycles. The number of hydrogen-bond acceptors (Lipinski definition) is 2. The van der Waals surface area contributed by atoms with E-state index in [1.54, 1.807) is 6.92 Å². The van der Waals surface area contributed by atoms with Gasteiger partial charge in [0.05, 0.1) is 6.61 Å². The Kier molecular flexibility index (Phi) is 4.81. The molecule has 2 nitrogen and oxygen atoms in total. The van der Waals surface area contributed by atoms with Crippen molar-refractivity contribution < 1.29 is 9.53 Å². The van der Waals surface area contributed by atoms with Gasteiger partial charge in [-0.25, -0.2) is 4.79 Å². The zero-order chi connectivity index (χ0) is 7.28. The monoisotopic (exact) mass is 212 g/mol. The van der Waals surface area contributed by atoms with Crippen LogP contribution in [0.2, 0.25) is 0 Å². The van der Waals surface area contributed by atoms with Crippen LogP contribution in [0.25, 0.3) is 0 Å². The van der Waals surface area contributed by atoms with Crippen LogP contribution in [-0.2, 0) is 9.53 Å². The highest BCUT2D eigenvalue weighted by Crippen LogP contribution is 2.05. The maximum absolute atomic E-state index is 10.5. The first kappa shape index (κ1) is 8.98. The van der Waals surface area contributed by atoms with E-state index in [4.69, 9.17) is 11.6 Å². The number of ether oxygens (including phenoxy) is 1. The number of carbonyl (C=O) groups is 1. The first-order chi connectivity index (χ1) is 4.22. The van der Waals surface area contributed by atoms with Gasteiger partial charge in [-0.3, -0.25) is 0 Å². The van der Waals surface area contributed by atoms with Crippen LogP contribution in [0, 0.1) is 0 Å². The van der Waals surface area contributed by atoms with Crippen LogP contribution in [0.15, 0.2) is 10.0 Å². The molecule has 0 saturated carbocycles. The molecule has 52 valence electrons. The maximum Gasteiger partial charge on any atom is 0.350 e. The third-order valence-corrected chi connectivity index (χ3v) is 1.55. The molecular formula is C5H6BrClO2. The summed E-state index contributed by atoms with van der Waals surface area (Å²) in [4.78, 5) is 11.8. The Morgan fingerprint density at radius 3 is 2.78 bits per heavy atom. The van der Waals surface area contributed by atoms with Gasteiger partial charge in [0.25, 0.3) is 0 Å². The van der Waals surface area contributed by atoms with Gasteiger partial charge in [0.2, 0.25) is 0 Å². The highest BCUT2D eigenvalue weighted by molar-refractivity contribution is 9.11. The van der Waals surface area contributed by atoms with Crippen LogP contribution in [0.5, 0.6) is 0 Å². The van der Waals surface area contributed by atoms with Crippen molar-refractivity contribution >= 4 is 33.5 Å². The van der Waals surface area contributed by atoms with Crippen molar-refractivity contribution in [1.82, 2.24) is 0 Å². The zero-order valence-electron chi connectivity index (χ0n) is 4.86. The summed E-state index contributed by atoms with van der Waals surface area (Å²) in [7, 11) is 0. The van der Waals surface area contributed by atoms with Crippen molar-refractivity contribution in [2.75, 3.05) is 6.61 Å². The second kappa shape index (κ2) is 4.82. The molecule has 0 fully saturated rings. The summed E-state index contributed by atoms with van der Waals surface area (Å²) in [5.74, 6) is -0.504. The summed E-state index contributed by atoms with van der Waals surface area (Å²) in [6, 6.07) is 0. The van der Waals surface area contributed by atoms with Crippen LogP contribution in [-0.4, -0.2) is 12.6 Å². The molecule has 0 N–H and O–H groups in total. The quantitative estimate of drug-likeness (QED) is 0.518. The summed E-state index contributed by atoms with van der Waals surface area (Å²) in [6.45, 7) is 2.06. The van der Waals surface area contributed by atoms with Gasteiger partial charge in [0.1, 0.15) is 5.03 Å². The Hall–Kier alpha value is -0.0200. The second-order valence-corrected chi connectivity index (χ2v) is 2.04. The van der Waals surface area contributed by atoms with Gasteiger partial charge in [-0.15, -0.1) is 0 Å². The molecule has 0 spiro atoms. The van der Waals surface area contributed by atoms with Gasteiger partial charge in [-0.1, -0.05) is 27.5 Å². The molecule has 0 radical (unpaired) electrons. The number of rotatable bonds is 2. The van der Waals surface area contributed by atoms with E-state index in [2.05, 4.69) is 20.7 Å². The first-order valence-electron chi connectivity index (χ1n) is 2.35. The van der Waals surface area contributed by atoms with E-state index < -0.39 is 5.97 Å². The molecule has 9 heavy (non-hydrogen) atoms. The van der Waals surface area contributed by atoms with Crippen molar-refractivity contribution in [2.45, 2.75) is 6.92 Å². The minimum Gasteiger partial charge on any atom is -0.462 e. The average Bonchev–Trinajstić information content (AvgIpc) is 1.87. The van der Waals surface area contributed by atoms with Gasteiger partial charge in [0, 0.05) is 4.99 Å². The molecular weight excluding hydrogens is 207 g/mol. The predicted octanol–water partition coefficient (Wildman–Crippen LogP) is 2.02. The molecule has 0 unspecified atom stereocenters. The molecule has 0 rings (SSSR count). The molecule has 0 aliphatic heterocycles. The molecule has 0 atom stereocenters. The molecule has 0 aliphatic rings. The fourth-order valence-electron chi connectivity index (χ4n) is 0.245. The van der Waals surface area contributed by atoms with E-state index >= 15 is 0 Å². The minimum absolute atomic E-state index is 0.0526. The summed E-state index contributed by atoms with van der Waals surface area (Å²) in [5.41, 5.74) is 0. The number of esters is 1. The van der Waals surface area contributed by atoms with Gasteiger partial charge in [-0.2, -0.15) is 0 Å². The van der Waals surface area contributed by atoms with Gasteiger partial charge in [0.15, 0.2) is 0 Å². The fourth-order valence-corrected chi connectivity index (χ4v) is 0.486. The molecule has 0 aromatic rings. The highest BCUT2D eigenvalue weighted by atomic mass is 79.9. The Labute approximate surface area is 67.0 Å². The van der Waals surface area contributed by atoms with E-state index in [1.807, 2.05) is 0 Å². The summed E-state index contributed by atoms with van der Waals surface area (Å²) >= 11 is 8.22. The van der Waals surface area contributed by atoms with E-state index in [1.165, 1.54) is 4.99 Å². The summed E-state index contributed by atoms with van der Waals surface area (Å²) in [5, 5.41) is 0.0526. The van der Waals surface area contributed by atoms with Crippen LogP contribution in [0.3, 0.4) is 0 Å². The fraction of sp³-hybridized carbons (Fsp3) is 0.400. The lowest BCUT2D eigenvalue weighted by atomic mass is 10.6. The van der Waals surface area contributed by atoms with E-state index in [9.17, 15) is 4.79 Å². The van der Waals surface area contributed by atoms with Crippen molar-refractivity contribution in [1.29, 1.82) is 0 Å². The number of hydrogen-bond donors (Lipinski definition) is 0. The van der Waals surface area contributed by atoms with E-state index in [0.717, 1.165) is 0 Å². The molecule has 0 amide bonds. The molecule has 0 bridgehead atoms. The smallest absolute Gasteiger partial charge is 0.350 e. The van der Waals surface area contributed by atoms with Crippen LogP contribution in [0.1, 0.15) is 6.92 Å². The van der Waals surface area contributed by atoms with Gasteiger partial charge in [-0.05, 0) is 6.92 Å². The lowest BCUT2D eigenvalue weighted by molar-refractivity contribution is -0.137. The Morgan fingerprint density at radius 1 is 1.89 bits per heavy atom. The van der Waals surface area contributed by atoms with Crippen LogP contribution < -0.4 is 0 Å². The SMILES string of the molecule is CCOC(=O)C(Cl)=CBr. The minimum atomic E-state index is -0.504. The topological polar surface area (TPSA) is 26.3 Å². The lowest BCUT2D eigenvalue weighted by Crippen LogP contribution is -2.02. The number of halogens is 2. The largest absolute Gasteiger partial charge is 0.462 e. The Balaban J connectivity index is 3.74. The third kappa shape index (κ3) is 3.54. The van der Waals surface area contributed by atoms with E-state index in [-0.39, 0.29) is 5.03 Å². The maximum atomic E-state index is 10.5. The van der Waals surface area contributed by atoms with E-state index in [0.29, 0.717) is 6.61 Å². The zero-order valence-corrected chi connectivity index (χ0v) is 7.20. The third-order valence-electron chi connectivity index (χ3n) is 0.566. The molecule has 4 heteroatoms. The normalized spacial score (nSPS) is 11.2. The molecule has 0 aliphatic carbocycles. The van der Waals surface area contributed by atoms with Gasteiger partial charge >= 0.3 is 5.97 Å². The highest BCUT2D eigenvalue weighted by Gasteiger charge is 2.04. The summed E-state index contributed by atoms with van der Waals surface area (Å²) < 4.78 is 4.53. The van der Waals surface area contributed by atoms with Gasteiger partial charge < -0.3 is 4.74 Å². The predicted molar refractivity (Wildman–Crippen MR) is 39.5 cm³/mol. The van der Waals surface area contributed by atoms with Crippen molar-refractivity contribution in [3.63, 3.8) is 0 Å². The summed E-state index contributed by atoms with van der Waals surface area (Å²) in [6.07, 6.45) is 0. The standard InChI is InChI=1S/C5H6BrClO2/c1-2-9-5(8)4(7)3-6/h3H,2H2,1H3. The Bertz CT molecular complexity index is 133. The average molecular weight is 213 g/mol. The van der Waals surface area contributed by atoms with Crippen LogP contribution in [0.4, 0.5) is 0 Å². The van der Waals surface area contributed by atoms with Crippen molar-refractivity contribution in [3.05, 3.63) is 10.0 Å². The molecule has 0 heterocycles. The number of carbonyl (C=O) groups excluding carboxylic acids is 1. The molecule has 0 aromatic heterocycles. The second-order valence-electron chi connectivity index (χ2n) is 1.18. The molecule has 0 aromatic carbocycles. The first-order valence-corrected chi connectivity index (χ1v) is 3.64.